The quantitative estimate of drug-likeness (QED) is 0.771. The molecular weight excluding hydrogens is 228 g/mol. The van der Waals surface area contributed by atoms with Gasteiger partial charge in [-0.2, -0.15) is 0 Å². The predicted octanol–water partition coefficient (Wildman–Crippen LogP) is 1.83. The Bertz CT molecular complexity index is 449. The van der Waals surface area contributed by atoms with Gasteiger partial charge in [0.25, 0.3) is 5.91 Å². The van der Waals surface area contributed by atoms with Crippen molar-refractivity contribution in [2.75, 3.05) is 18.8 Å². The average molecular weight is 248 g/mol. The number of carbonyl (C=O) groups is 1. The van der Waals surface area contributed by atoms with Crippen LogP contribution in [0.15, 0.2) is 18.2 Å². The Labute approximate surface area is 108 Å². The van der Waals surface area contributed by atoms with Crippen molar-refractivity contribution in [3.8, 4) is 0 Å². The van der Waals surface area contributed by atoms with E-state index in [1.807, 2.05) is 37.8 Å². The van der Waals surface area contributed by atoms with Gasteiger partial charge in [-0.3, -0.25) is 4.79 Å². The van der Waals surface area contributed by atoms with E-state index in [0.29, 0.717) is 24.3 Å². The highest BCUT2D eigenvalue weighted by molar-refractivity contribution is 5.99. The van der Waals surface area contributed by atoms with Crippen molar-refractivity contribution < 1.29 is 9.53 Å². The molecule has 4 nitrogen and oxygen atoms in total. The van der Waals surface area contributed by atoms with Crippen LogP contribution in [0.5, 0.6) is 0 Å². The van der Waals surface area contributed by atoms with Crippen LogP contribution in [0.4, 0.5) is 5.69 Å². The number of rotatable bonds is 1. The second-order valence-electron chi connectivity index (χ2n) is 5.06. The lowest BCUT2D eigenvalue weighted by Crippen LogP contribution is -2.48. The van der Waals surface area contributed by atoms with E-state index in [9.17, 15) is 4.79 Å². The van der Waals surface area contributed by atoms with Crippen LogP contribution in [0.3, 0.4) is 0 Å². The van der Waals surface area contributed by atoms with E-state index >= 15 is 0 Å². The summed E-state index contributed by atoms with van der Waals surface area (Å²) in [7, 11) is 0. The summed E-state index contributed by atoms with van der Waals surface area (Å²) in [5, 5.41) is 0. The van der Waals surface area contributed by atoms with Gasteiger partial charge >= 0.3 is 0 Å². The lowest BCUT2D eigenvalue weighted by molar-refractivity contribution is -0.0585. The zero-order chi connectivity index (χ0) is 13.3. The minimum absolute atomic E-state index is 0.00167. The molecule has 98 valence electrons. The van der Waals surface area contributed by atoms with Gasteiger partial charge in [-0.25, -0.2) is 0 Å². The van der Waals surface area contributed by atoms with Gasteiger partial charge in [0.05, 0.1) is 17.8 Å². The molecule has 4 heteroatoms. The molecule has 2 rings (SSSR count). The topological polar surface area (TPSA) is 55.6 Å². The SMILES string of the molecule is Cc1ccc(N)c(C(=O)N2C[C@@H](C)O[C@@H](C)C2)c1. The van der Waals surface area contributed by atoms with Crippen molar-refractivity contribution in [3.05, 3.63) is 29.3 Å². The largest absolute Gasteiger partial charge is 0.398 e. The molecular formula is C14H20N2O2. The second kappa shape index (κ2) is 4.98. The summed E-state index contributed by atoms with van der Waals surface area (Å²) in [6.07, 6.45) is 0.146. The number of benzene rings is 1. The molecule has 0 unspecified atom stereocenters. The van der Waals surface area contributed by atoms with Gasteiger partial charge in [0.2, 0.25) is 0 Å². The zero-order valence-corrected chi connectivity index (χ0v) is 11.1. The first-order valence-electron chi connectivity index (χ1n) is 6.28. The summed E-state index contributed by atoms with van der Waals surface area (Å²) >= 11 is 0. The summed E-state index contributed by atoms with van der Waals surface area (Å²) < 4.78 is 5.63. The highest BCUT2D eigenvalue weighted by atomic mass is 16.5. The maximum atomic E-state index is 12.5. The van der Waals surface area contributed by atoms with Crippen molar-refractivity contribution in [3.63, 3.8) is 0 Å². The number of anilines is 1. The third-order valence-corrected chi connectivity index (χ3v) is 3.15. The second-order valence-corrected chi connectivity index (χ2v) is 5.06. The fourth-order valence-electron chi connectivity index (χ4n) is 2.37. The van der Waals surface area contributed by atoms with Gasteiger partial charge in [-0.1, -0.05) is 11.6 Å². The maximum absolute atomic E-state index is 12.5. The standard InChI is InChI=1S/C14H20N2O2/c1-9-4-5-13(15)12(6-9)14(17)16-7-10(2)18-11(3)8-16/h4-6,10-11H,7-8,15H2,1-3H3/t10-,11+. The van der Waals surface area contributed by atoms with Gasteiger partial charge in [-0.05, 0) is 32.9 Å². The van der Waals surface area contributed by atoms with Crippen LogP contribution in [-0.4, -0.2) is 36.1 Å². The van der Waals surface area contributed by atoms with Crippen molar-refractivity contribution in [1.29, 1.82) is 0 Å². The molecule has 0 saturated carbocycles. The molecule has 0 aromatic heterocycles. The highest BCUT2D eigenvalue weighted by Gasteiger charge is 2.27. The van der Waals surface area contributed by atoms with Crippen LogP contribution in [0.25, 0.3) is 0 Å². The van der Waals surface area contributed by atoms with Crippen LogP contribution >= 0.6 is 0 Å². The van der Waals surface area contributed by atoms with E-state index in [4.69, 9.17) is 10.5 Å². The molecule has 0 aliphatic carbocycles. The van der Waals surface area contributed by atoms with Crippen LogP contribution in [0.2, 0.25) is 0 Å². The van der Waals surface area contributed by atoms with Gasteiger partial charge < -0.3 is 15.4 Å². The van der Waals surface area contributed by atoms with E-state index in [1.165, 1.54) is 0 Å². The molecule has 1 aromatic carbocycles. The number of ether oxygens (including phenoxy) is 1. The molecule has 1 aliphatic rings. The Kier molecular flexibility index (Phi) is 3.57. The number of hydrogen-bond donors (Lipinski definition) is 1. The molecule has 1 aliphatic heterocycles. The fraction of sp³-hybridized carbons (Fsp3) is 0.500. The monoisotopic (exact) mass is 248 g/mol. The van der Waals surface area contributed by atoms with Crippen molar-refractivity contribution in [2.45, 2.75) is 33.0 Å². The summed E-state index contributed by atoms with van der Waals surface area (Å²) in [6.45, 7) is 7.17. The minimum atomic E-state index is -0.00167. The Morgan fingerprint density at radius 3 is 2.56 bits per heavy atom. The molecule has 1 fully saturated rings. The van der Waals surface area contributed by atoms with Crippen LogP contribution < -0.4 is 5.73 Å². The number of morpholine rings is 1. The minimum Gasteiger partial charge on any atom is -0.398 e. The van der Waals surface area contributed by atoms with Gasteiger partial charge in [-0.15, -0.1) is 0 Å². The van der Waals surface area contributed by atoms with E-state index in [0.717, 1.165) is 5.56 Å². The maximum Gasteiger partial charge on any atom is 0.256 e. The molecule has 2 atom stereocenters. The molecule has 1 saturated heterocycles. The van der Waals surface area contributed by atoms with Gasteiger partial charge in [0, 0.05) is 18.8 Å². The van der Waals surface area contributed by atoms with E-state index < -0.39 is 0 Å². The van der Waals surface area contributed by atoms with Crippen LogP contribution in [0, 0.1) is 6.92 Å². The molecule has 2 N–H and O–H groups in total. The lowest BCUT2D eigenvalue weighted by atomic mass is 10.1. The number of carbonyl (C=O) groups excluding carboxylic acids is 1. The number of amides is 1. The summed E-state index contributed by atoms with van der Waals surface area (Å²) in [5.74, 6) is -0.00167. The molecule has 0 radical (unpaired) electrons. The number of aryl methyl sites for hydroxylation is 1. The average Bonchev–Trinajstić information content (AvgIpc) is 2.30. The molecule has 18 heavy (non-hydrogen) atoms. The first-order valence-corrected chi connectivity index (χ1v) is 6.28. The van der Waals surface area contributed by atoms with Crippen molar-refractivity contribution >= 4 is 11.6 Å². The van der Waals surface area contributed by atoms with E-state index in [1.54, 1.807) is 6.07 Å². The molecule has 1 aromatic rings. The number of nitrogens with two attached hydrogens (primary N) is 1. The first kappa shape index (κ1) is 12.9. The van der Waals surface area contributed by atoms with Gasteiger partial charge in [0.1, 0.15) is 0 Å². The number of nitrogens with zero attached hydrogens (tertiary/aromatic N) is 1. The molecule has 0 bridgehead atoms. The highest BCUT2D eigenvalue weighted by Crippen LogP contribution is 2.19. The smallest absolute Gasteiger partial charge is 0.256 e. The Morgan fingerprint density at radius 1 is 1.33 bits per heavy atom. The van der Waals surface area contributed by atoms with E-state index in [-0.39, 0.29) is 18.1 Å². The Morgan fingerprint density at radius 2 is 1.94 bits per heavy atom. The summed E-state index contributed by atoms with van der Waals surface area (Å²) in [4.78, 5) is 14.3. The molecule has 1 amide bonds. The molecule has 1 heterocycles. The van der Waals surface area contributed by atoms with Crippen molar-refractivity contribution in [1.82, 2.24) is 4.90 Å². The fourth-order valence-corrected chi connectivity index (χ4v) is 2.37. The van der Waals surface area contributed by atoms with Gasteiger partial charge in [0.15, 0.2) is 0 Å². The van der Waals surface area contributed by atoms with Crippen LogP contribution in [0.1, 0.15) is 29.8 Å². The third-order valence-electron chi connectivity index (χ3n) is 3.15. The zero-order valence-electron chi connectivity index (χ0n) is 11.1. The Balaban J connectivity index is 2.22. The summed E-state index contributed by atoms with van der Waals surface area (Å²) in [6, 6.07) is 5.55. The molecule has 0 spiro atoms. The number of nitrogen functional groups attached to an aromatic ring is 1. The van der Waals surface area contributed by atoms with Crippen LogP contribution in [-0.2, 0) is 4.74 Å². The summed E-state index contributed by atoms with van der Waals surface area (Å²) in [5.41, 5.74) is 8.06. The predicted molar refractivity (Wildman–Crippen MR) is 71.5 cm³/mol. The lowest BCUT2D eigenvalue weighted by Gasteiger charge is -2.35. The Hall–Kier alpha value is -1.55. The normalized spacial score (nSPS) is 24.1. The number of hydrogen-bond acceptors (Lipinski definition) is 3. The third kappa shape index (κ3) is 2.64. The van der Waals surface area contributed by atoms with Crippen molar-refractivity contribution in [2.24, 2.45) is 0 Å². The van der Waals surface area contributed by atoms with E-state index in [2.05, 4.69) is 0 Å². The first-order chi connectivity index (χ1) is 8.47.